The molecule has 92 valence electrons. The largest absolute Gasteiger partial charge is 0.390 e. The maximum Gasteiger partial charge on any atom is 0.0619 e. The van der Waals surface area contributed by atoms with Crippen LogP contribution in [0.2, 0.25) is 0 Å². The standard InChI is InChI=1S/C12H28N2O/c1-10(13)6-4-8-12(3,15)9-5-7-11(2)14/h10-11,15H,4-9,13-14H2,1-3H3. The van der Waals surface area contributed by atoms with Crippen LogP contribution in [0, 0.1) is 0 Å². The fraction of sp³-hybridized carbons (Fsp3) is 1.00. The molecule has 0 aliphatic heterocycles. The SMILES string of the molecule is CC(N)CCCC(C)(O)CCCC(C)N. The second-order valence-corrected chi connectivity index (χ2v) is 5.24. The minimum atomic E-state index is -0.538. The highest BCUT2D eigenvalue weighted by Gasteiger charge is 2.19. The molecule has 2 unspecified atom stereocenters. The van der Waals surface area contributed by atoms with Gasteiger partial charge in [0.15, 0.2) is 0 Å². The molecule has 0 amide bonds. The lowest BCUT2D eigenvalue weighted by molar-refractivity contribution is 0.0363. The van der Waals surface area contributed by atoms with Crippen LogP contribution in [0.5, 0.6) is 0 Å². The van der Waals surface area contributed by atoms with E-state index in [1.54, 1.807) is 0 Å². The maximum atomic E-state index is 10.1. The molecule has 5 N–H and O–H groups in total. The van der Waals surface area contributed by atoms with Crippen molar-refractivity contribution in [2.45, 2.75) is 77.0 Å². The molecule has 15 heavy (non-hydrogen) atoms. The molecule has 0 aliphatic rings. The molecule has 0 radical (unpaired) electrons. The zero-order valence-electron chi connectivity index (χ0n) is 10.5. The monoisotopic (exact) mass is 216 g/mol. The molecule has 3 heteroatoms. The van der Waals surface area contributed by atoms with Gasteiger partial charge in [-0.1, -0.05) is 0 Å². The minimum absolute atomic E-state index is 0.241. The van der Waals surface area contributed by atoms with Gasteiger partial charge < -0.3 is 16.6 Å². The first-order chi connectivity index (χ1) is 6.83. The van der Waals surface area contributed by atoms with Crippen molar-refractivity contribution >= 4 is 0 Å². The average Bonchev–Trinajstić information content (AvgIpc) is 2.01. The Balaban J connectivity index is 3.57. The first-order valence-electron chi connectivity index (χ1n) is 6.07. The van der Waals surface area contributed by atoms with Gasteiger partial charge in [0.25, 0.3) is 0 Å². The Morgan fingerprint density at radius 1 is 1.00 bits per heavy atom. The molecule has 0 heterocycles. The van der Waals surface area contributed by atoms with Crippen molar-refractivity contribution in [3.8, 4) is 0 Å². The summed E-state index contributed by atoms with van der Waals surface area (Å²) >= 11 is 0. The van der Waals surface area contributed by atoms with Crippen molar-refractivity contribution in [1.29, 1.82) is 0 Å². The summed E-state index contributed by atoms with van der Waals surface area (Å²) < 4.78 is 0. The van der Waals surface area contributed by atoms with E-state index in [-0.39, 0.29) is 12.1 Å². The van der Waals surface area contributed by atoms with Crippen molar-refractivity contribution in [1.82, 2.24) is 0 Å². The van der Waals surface area contributed by atoms with Gasteiger partial charge in [-0.25, -0.2) is 0 Å². The lowest BCUT2D eigenvalue weighted by Crippen LogP contribution is -2.26. The molecule has 0 aromatic heterocycles. The molecule has 0 rings (SSSR count). The van der Waals surface area contributed by atoms with Crippen molar-refractivity contribution in [3.05, 3.63) is 0 Å². The van der Waals surface area contributed by atoms with E-state index in [0.29, 0.717) is 0 Å². The van der Waals surface area contributed by atoms with Crippen LogP contribution in [0.3, 0.4) is 0 Å². The van der Waals surface area contributed by atoms with Crippen molar-refractivity contribution in [3.63, 3.8) is 0 Å². The van der Waals surface area contributed by atoms with Gasteiger partial charge in [0.2, 0.25) is 0 Å². The Morgan fingerprint density at radius 3 is 1.60 bits per heavy atom. The summed E-state index contributed by atoms with van der Waals surface area (Å²) in [6, 6.07) is 0.481. The minimum Gasteiger partial charge on any atom is -0.390 e. The van der Waals surface area contributed by atoms with E-state index >= 15 is 0 Å². The summed E-state index contributed by atoms with van der Waals surface area (Å²) in [6.07, 6.45) is 5.67. The Bertz CT molecular complexity index is 140. The molecule has 0 bridgehead atoms. The van der Waals surface area contributed by atoms with E-state index in [1.165, 1.54) is 0 Å². The van der Waals surface area contributed by atoms with Gasteiger partial charge in [-0.3, -0.25) is 0 Å². The number of hydrogen-bond donors (Lipinski definition) is 3. The fourth-order valence-electron chi connectivity index (χ4n) is 1.73. The third kappa shape index (κ3) is 10.2. The molecular formula is C12H28N2O. The Labute approximate surface area is 94.2 Å². The molecule has 2 atom stereocenters. The predicted molar refractivity (Wildman–Crippen MR) is 65.6 cm³/mol. The van der Waals surface area contributed by atoms with Crippen molar-refractivity contribution in [2.75, 3.05) is 0 Å². The molecule has 3 nitrogen and oxygen atoms in total. The van der Waals surface area contributed by atoms with E-state index in [1.807, 2.05) is 20.8 Å². The third-order valence-electron chi connectivity index (χ3n) is 2.75. The van der Waals surface area contributed by atoms with Gasteiger partial charge in [-0.15, -0.1) is 0 Å². The topological polar surface area (TPSA) is 72.3 Å². The predicted octanol–water partition coefficient (Wildman–Crippen LogP) is 1.77. The third-order valence-corrected chi connectivity index (χ3v) is 2.75. The van der Waals surface area contributed by atoms with E-state index < -0.39 is 5.60 Å². The smallest absolute Gasteiger partial charge is 0.0619 e. The molecule has 0 aromatic carbocycles. The number of nitrogens with two attached hydrogens (primary N) is 2. The molecule has 0 fully saturated rings. The van der Waals surface area contributed by atoms with E-state index in [9.17, 15) is 5.11 Å². The quantitative estimate of drug-likeness (QED) is 0.579. The van der Waals surface area contributed by atoms with Gasteiger partial charge >= 0.3 is 0 Å². The lowest BCUT2D eigenvalue weighted by atomic mass is 9.91. The molecular weight excluding hydrogens is 188 g/mol. The van der Waals surface area contributed by atoms with Gasteiger partial charge in [0, 0.05) is 12.1 Å². The first kappa shape index (κ1) is 14.9. The van der Waals surface area contributed by atoms with Crippen LogP contribution in [0.1, 0.15) is 59.3 Å². The normalized spacial score (nSPS) is 19.6. The van der Waals surface area contributed by atoms with Gasteiger partial charge in [0.1, 0.15) is 0 Å². The summed E-state index contributed by atoms with van der Waals surface area (Å²) in [5.74, 6) is 0. The fourth-order valence-corrected chi connectivity index (χ4v) is 1.73. The Hall–Kier alpha value is -0.120. The second kappa shape index (κ2) is 7.20. The van der Waals surface area contributed by atoms with Crippen LogP contribution in [0.4, 0.5) is 0 Å². The molecule has 0 spiro atoms. The summed E-state index contributed by atoms with van der Waals surface area (Å²) in [5, 5.41) is 10.1. The Kier molecular flexibility index (Phi) is 7.14. The van der Waals surface area contributed by atoms with Crippen LogP contribution >= 0.6 is 0 Å². The second-order valence-electron chi connectivity index (χ2n) is 5.24. The average molecular weight is 216 g/mol. The highest BCUT2D eigenvalue weighted by atomic mass is 16.3. The van der Waals surface area contributed by atoms with Gasteiger partial charge in [-0.2, -0.15) is 0 Å². The summed E-state index contributed by atoms with van der Waals surface area (Å²) in [6.45, 7) is 5.92. The molecule has 0 saturated carbocycles. The van der Waals surface area contributed by atoms with Crippen molar-refractivity contribution in [2.24, 2.45) is 11.5 Å². The summed E-state index contributed by atoms with van der Waals surface area (Å²) in [7, 11) is 0. The molecule has 0 saturated heterocycles. The van der Waals surface area contributed by atoms with Crippen LogP contribution < -0.4 is 11.5 Å². The maximum absolute atomic E-state index is 10.1. The lowest BCUT2D eigenvalue weighted by Gasteiger charge is -2.24. The summed E-state index contributed by atoms with van der Waals surface area (Å²) in [4.78, 5) is 0. The zero-order chi connectivity index (χ0) is 11.9. The van der Waals surface area contributed by atoms with E-state index in [2.05, 4.69) is 0 Å². The molecule has 0 aromatic rings. The van der Waals surface area contributed by atoms with Crippen molar-refractivity contribution < 1.29 is 5.11 Å². The molecule has 0 aliphatic carbocycles. The highest BCUT2D eigenvalue weighted by molar-refractivity contribution is 4.73. The Morgan fingerprint density at radius 2 is 1.33 bits per heavy atom. The van der Waals surface area contributed by atoms with Crippen LogP contribution in [-0.4, -0.2) is 22.8 Å². The number of hydrogen-bond acceptors (Lipinski definition) is 3. The van der Waals surface area contributed by atoms with Gasteiger partial charge in [0.05, 0.1) is 5.60 Å². The van der Waals surface area contributed by atoms with Crippen LogP contribution in [0.25, 0.3) is 0 Å². The van der Waals surface area contributed by atoms with Crippen LogP contribution in [-0.2, 0) is 0 Å². The summed E-state index contributed by atoms with van der Waals surface area (Å²) in [5.41, 5.74) is 10.8. The highest BCUT2D eigenvalue weighted by Crippen LogP contribution is 2.21. The number of aliphatic hydroxyl groups is 1. The number of rotatable bonds is 8. The van der Waals surface area contributed by atoms with Gasteiger partial charge in [-0.05, 0) is 59.3 Å². The zero-order valence-corrected chi connectivity index (χ0v) is 10.5. The van der Waals surface area contributed by atoms with E-state index in [0.717, 1.165) is 38.5 Å². The van der Waals surface area contributed by atoms with Crippen LogP contribution in [0.15, 0.2) is 0 Å². The first-order valence-corrected chi connectivity index (χ1v) is 6.07. The van der Waals surface area contributed by atoms with E-state index in [4.69, 9.17) is 11.5 Å².